The van der Waals surface area contributed by atoms with Crippen molar-refractivity contribution < 1.29 is 18.7 Å². The summed E-state index contributed by atoms with van der Waals surface area (Å²) in [7, 11) is 1.43. The van der Waals surface area contributed by atoms with Crippen molar-refractivity contribution in [3.63, 3.8) is 0 Å². The Morgan fingerprint density at radius 1 is 1.33 bits per heavy atom. The molecule has 2 aromatic heterocycles. The molecule has 0 spiro atoms. The van der Waals surface area contributed by atoms with E-state index in [0.717, 1.165) is 17.8 Å². The molecule has 0 saturated heterocycles. The first-order valence-corrected chi connectivity index (χ1v) is 8.38. The fourth-order valence-electron chi connectivity index (χ4n) is 1.77. The third-order valence-corrected chi connectivity index (χ3v) is 4.13. The molecule has 0 bridgehead atoms. The summed E-state index contributed by atoms with van der Waals surface area (Å²) in [5, 5.41) is 9.03. The number of pyridine rings is 1. The number of carbonyl (C=O) groups is 1. The van der Waals surface area contributed by atoms with Gasteiger partial charge >= 0.3 is 5.97 Å². The fourth-order valence-corrected chi connectivity index (χ4v) is 2.67. The zero-order chi connectivity index (χ0) is 17.7. The summed E-state index contributed by atoms with van der Waals surface area (Å²) in [5.74, 6) is -0.734. The Bertz CT molecular complexity index is 730. The lowest BCUT2D eigenvalue weighted by Gasteiger charge is -2.10. The molecule has 6 nitrogen and oxygen atoms in total. The number of nitrogens with zero attached hydrogens (tertiary/aromatic N) is 3. The normalized spacial score (nSPS) is 12.8. The molecule has 2 unspecified atom stereocenters. The second-order valence-electron chi connectivity index (χ2n) is 4.91. The summed E-state index contributed by atoms with van der Waals surface area (Å²) in [6.45, 7) is 0. The van der Waals surface area contributed by atoms with E-state index in [-0.39, 0.29) is 17.3 Å². The van der Waals surface area contributed by atoms with Crippen molar-refractivity contribution in [2.24, 2.45) is 5.73 Å². The molecule has 0 fully saturated rings. The van der Waals surface area contributed by atoms with Gasteiger partial charge in [0.05, 0.1) is 5.69 Å². The van der Waals surface area contributed by atoms with Gasteiger partial charge in [-0.2, -0.15) is 8.78 Å². The molecule has 0 radical (unpaired) electrons. The van der Waals surface area contributed by atoms with Crippen LogP contribution in [0.25, 0.3) is 0 Å². The van der Waals surface area contributed by atoms with Gasteiger partial charge in [-0.1, -0.05) is 27.1 Å². The molecular formula is C14H15F2N4O2PS. The van der Waals surface area contributed by atoms with Gasteiger partial charge in [0.1, 0.15) is 11.7 Å². The molecule has 10 heteroatoms. The minimum absolute atomic E-state index is 0.110. The van der Waals surface area contributed by atoms with Crippen molar-refractivity contribution in [1.29, 1.82) is 0 Å². The molecule has 0 aromatic carbocycles. The van der Waals surface area contributed by atoms with E-state index >= 15 is 0 Å². The van der Waals surface area contributed by atoms with Gasteiger partial charge in [0.2, 0.25) is 0 Å². The summed E-state index contributed by atoms with van der Waals surface area (Å²) in [4.78, 5) is 22.8. The number of aliphatic carboxylic acids is 1. The Labute approximate surface area is 143 Å². The summed E-state index contributed by atoms with van der Waals surface area (Å²) in [5.41, 5.74) is 3.20. The number of carboxylic acid groups (broad SMARTS) is 1. The number of hydrogen-bond acceptors (Lipinski definition) is 6. The molecule has 2 atom stereocenters. The second-order valence-corrected chi connectivity index (χ2v) is 6.57. The minimum atomic E-state index is -3.11. The van der Waals surface area contributed by atoms with Crippen molar-refractivity contribution in [1.82, 2.24) is 15.0 Å². The van der Waals surface area contributed by atoms with Crippen LogP contribution in [-0.4, -0.2) is 32.1 Å². The maximum absolute atomic E-state index is 13.2. The van der Waals surface area contributed by atoms with Crippen molar-refractivity contribution in [3.05, 3.63) is 47.5 Å². The summed E-state index contributed by atoms with van der Waals surface area (Å²) >= 11 is 1.16. The lowest BCUT2D eigenvalue weighted by molar-refractivity contribution is -0.138. The molecule has 0 saturated carbocycles. The van der Waals surface area contributed by atoms with Crippen molar-refractivity contribution in [2.75, 3.05) is 0 Å². The molecule has 0 aliphatic rings. The molecule has 0 aliphatic heterocycles. The molecule has 2 aromatic rings. The Morgan fingerprint density at radius 2 is 2.04 bits per heavy atom. The van der Waals surface area contributed by atoms with Gasteiger partial charge in [0.25, 0.3) is 5.66 Å². The van der Waals surface area contributed by atoms with Crippen LogP contribution in [0.15, 0.2) is 35.6 Å². The van der Waals surface area contributed by atoms with Gasteiger partial charge in [0.15, 0.2) is 5.16 Å². The Kier molecular flexibility index (Phi) is 6.15. The number of thioether (sulfide) groups is 1. The Hall–Kier alpha value is -1.70. The number of alkyl halides is 2. The average molecular weight is 372 g/mol. The standard InChI is InChI=1S/C14H15F2N4O2PS/c15-14(16,23)11-4-5-18-13(20-11)24-7-9-3-1-2-8(19-9)6-10(17)12(21)22/h1-5,10H,6-7,17,23H2,(H,21,22). The number of hydrogen-bond donors (Lipinski definition) is 2. The van der Waals surface area contributed by atoms with Crippen LogP contribution in [-0.2, 0) is 22.6 Å². The highest BCUT2D eigenvalue weighted by Crippen LogP contribution is 2.33. The van der Waals surface area contributed by atoms with E-state index in [1.54, 1.807) is 18.2 Å². The lowest BCUT2D eigenvalue weighted by atomic mass is 10.1. The predicted octanol–water partition coefficient (Wildman–Crippen LogP) is 2.04. The van der Waals surface area contributed by atoms with Gasteiger partial charge in [-0.3, -0.25) is 9.78 Å². The third kappa shape index (κ3) is 5.43. The number of rotatable bonds is 7. The highest BCUT2D eigenvalue weighted by molar-refractivity contribution is 7.98. The largest absolute Gasteiger partial charge is 0.480 e. The van der Waals surface area contributed by atoms with Crippen LogP contribution in [0.3, 0.4) is 0 Å². The molecule has 0 amide bonds. The summed E-state index contributed by atoms with van der Waals surface area (Å²) in [6.07, 6.45) is 1.39. The topological polar surface area (TPSA) is 102 Å². The van der Waals surface area contributed by atoms with Crippen LogP contribution in [0.2, 0.25) is 0 Å². The van der Waals surface area contributed by atoms with E-state index in [2.05, 4.69) is 15.0 Å². The van der Waals surface area contributed by atoms with Gasteiger partial charge in [0, 0.05) is 24.1 Å². The highest BCUT2D eigenvalue weighted by Gasteiger charge is 2.26. The van der Waals surface area contributed by atoms with Crippen LogP contribution in [0.5, 0.6) is 0 Å². The van der Waals surface area contributed by atoms with Crippen LogP contribution in [0.1, 0.15) is 17.1 Å². The molecular weight excluding hydrogens is 357 g/mol. The molecule has 24 heavy (non-hydrogen) atoms. The molecule has 0 aliphatic carbocycles. The smallest absolute Gasteiger partial charge is 0.320 e. The fraction of sp³-hybridized carbons (Fsp3) is 0.286. The quantitative estimate of drug-likeness (QED) is 0.436. The van der Waals surface area contributed by atoms with Crippen LogP contribution in [0.4, 0.5) is 8.78 Å². The first-order chi connectivity index (χ1) is 11.3. The second kappa shape index (κ2) is 7.92. The minimum Gasteiger partial charge on any atom is -0.480 e. The first kappa shape index (κ1) is 18.6. The van der Waals surface area contributed by atoms with E-state index in [9.17, 15) is 13.6 Å². The van der Waals surface area contributed by atoms with Crippen LogP contribution in [0, 0.1) is 0 Å². The third-order valence-electron chi connectivity index (χ3n) is 2.93. The first-order valence-electron chi connectivity index (χ1n) is 6.82. The van der Waals surface area contributed by atoms with E-state index in [1.165, 1.54) is 15.4 Å². The molecule has 128 valence electrons. The lowest BCUT2D eigenvalue weighted by Crippen LogP contribution is -2.32. The summed E-state index contributed by atoms with van der Waals surface area (Å²) < 4.78 is 26.5. The van der Waals surface area contributed by atoms with Crippen LogP contribution >= 0.6 is 21.0 Å². The van der Waals surface area contributed by atoms with E-state index in [0.29, 0.717) is 17.1 Å². The zero-order valence-corrected chi connectivity index (χ0v) is 14.4. The number of aromatic nitrogens is 3. The maximum atomic E-state index is 13.2. The monoisotopic (exact) mass is 372 g/mol. The Morgan fingerprint density at radius 3 is 2.71 bits per heavy atom. The highest BCUT2D eigenvalue weighted by atomic mass is 32.2. The van der Waals surface area contributed by atoms with E-state index in [1.807, 2.05) is 0 Å². The van der Waals surface area contributed by atoms with Crippen molar-refractivity contribution >= 4 is 27.0 Å². The van der Waals surface area contributed by atoms with Gasteiger partial charge in [-0.05, 0) is 18.2 Å². The summed E-state index contributed by atoms with van der Waals surface area (Å²) in [6, 6.07) is 5.30. The molecule has 3 N–H and O–H groups in total. The molecule has 2 heterocycles. The van der Waals surface area contributed by atoms with Gasteiger partial charge in [-0.15, -0.1) is 0 Å². The SMILES string of the molecule is NC(Cc1cccc(CSc2nccc(C(F)(F)P)n2)n1)C(=O)O. The van der Waals surface area contributed by atoms with Gasteiger partial charge in [-0.25, -0.2) is 9.97 Å². The van der Waals surface area contributed by atoms with Crippen LogP contribution < -0.4 is 5.73 Å². The Balaban J connectivity index is 2.03. The molecule has 2 rings (SSSR count). The van der Waals surface area contributed by atoms with Gasteiger partial charge < -0.3 is 10.8 Å². The van der Waals surface area contributed by atoms with E-state index < -0.39 is 17.7 Å². The van der Waals surface area contributed by atoms with Crippen molar-refractivity contribution in [3.8, 4) is 0 Å². The van der Waals surface area contributed by atoms with E-state index in [4.69, 9.17) is 10.8 Å². The zero-order valence-electron chi connectivity index (χ0n) is 12.4. The number of nitrogens with two attached hydrogens (primary N) is 1. The average Bonchev–Trinajstić information content (AvgIpc) is 2.52. The predicted molar refractivity (Wildman–Crippen MR) is 88.7 cm³/mol. The number of halogens is 2. The van der Waals surface area contributed by atoms with Crippen molar-refractivity contribution in [2.45, 2.75) is 29.0 Å². The number of carboxylic acids is 1. The maximum Gasteiger partial charge on any atom is 0.320 e.